The summed E-state index contributed by atoms with van der Waals surface area (Å²) in [6.45, 7) is 8.23. The standard InChI is InChI=1S/C14H29ClSi/c1-4-5-6-7-8-9-10-11-12-13-14-16(2,3)15/h4H,1,5-14H2,2-3H3. The van der Waals surface area contributed by atoms with Gasteiger partial charge in [0.2, 0.25) is 0 Å². The van der Waals surface area contributed by atoms with E-state index in [4.69, 9.17) is 11.1 Å². The molecule has 0 unspecified atom stereocenters. The van der Waals surface area contributed by atoms with Gasteiger partial charge in [-0.25, -0.2) is 0 Å². The Morgan fingerprint density at radius 1 is 0.875 bits per heavy atom. The van der Waals surface area contributed by atoms with Gasteiger partial charge in [0.25, 0.3) is 0 Å². The molecule has 0 amide bonds. The number of allylic oxidation sites excluding steroid dienone is 1. The molecule has 0 nitrogen and oxygen atoms in total. The monoisotopic (exact) mass is 260 g/mol. The Balaban J connectivity index is 3.01. The summed E-state index contributed by atoms with van der Waals surface area (Å²) < 4.78 is 0. The molecule has 0 N–H and O–H groups in total. The minimum absolute atomic E-state index is 1.19. The molecule has 0 radical (unpaired) electrons. The van der Waals surface area contributed by atoms with E-state index in [0.717, 1.165) is 0 Å². The lowest BCUT2D eigenvalue weighted by atomic mass is 10.1. The van der Waals surface area contributed by atoms with E-state index in [1.54, 1.807) is 0 Å². The summed E-state index contributed by atoms with van der Waals surface area (Å²) in [5.41, 5.74) is 0. The topological polar surface area (TPSA) is 0 Å². The lowest BCUT2D eigenvalue weighted by molar-refractivity contribution is 0.577. The van der Waals surface area contributed by atoms with Crippen LogP contribution in [0.4, 0.5) is 0 Å². The molecule has 0 aromatic rings. The third-order valence-electron chi connectivity index (χ3n) is 2.93. The molecule has 16 heavy (non-hydrogen) atoms. The Labute approximate surface area is 108 Å². The van der Waals surface area contributed by atoms with Gasteiger partial charge in [0, 0.05) is 0 Å². The van der Waals surface area contributed by atoms with Crippen molar-refractivity contribution in [3.05, 3.63) is 12.7 Å². The molecule has 0 spiro atoms. The fraction of sp³-hybridized carbons (Fsp3) is 0.857. The van der Waals surface area contributed by atoms with Crippen LogP contribution in [0.25, 0.3) is 0 Å². The molecule has 0 aliphatic heterocycles. The van der Waals surface area contributed by atoms with Gasteiger partial charge in [-0.1, -0.05) is 64.1 Å². The third kappa shape index (κ3) is 14.2. The summed E-state index contributed by atoms with van der Waals surface area (Å²) in [4.78, 5) is 0. The predicted molar refractivity (Wildman–Crippen MR) is 79.9 cm³/mol. The summed E-state index contributed by atoms with van der Waals surface area (Å²) >= 11 is 6.28. The number of halogens is 1. The number of unbranched alkanes of at least 4 members (excludes halogenated alkanes) is 8. The van der Waals surface area contributed by atoms with E-state index in [-0.39, 0.29) is 0 Å². The molecule has 0 aromatic carbocycles. The molecule has 0 rings (SSSR count). The van der Waals surface area contributed by atoms with Crippen LogP contribution in [0.1, 0.15) is 57.8 Å². The fourth-order valence-corrected chi connectivity index (χ4v) is 3.39. The molecule has 0 bridgehead atoms. The van der Waals surface area contributed by atoms with Crippen LogP contribution in [0.3, 0.4) is 0 Å². The second-order valence-electron chi connectivity index (χ2n) is 5.37. The van der Waals surface area contributed by atoms with Gasteiger partial charge in [0.05, 0.1) is 0 Å². The zero-order chi connectivity index (χ0) is 12.3. The molecule has 2 heteroatoms. The first kappa shape index (κ1) is 16.2. The van der Waals surface area contributed by atoms with Crippen LogP contribution in [-0.2, 0) is 0 Å². The van der Waals surface area contributed by atoms with Crippen molar-refractivity contribution in [2.24, 2.45) is 0 Å². The summed E-state index contributed by atoms with van der Waals surface area (Å²) in [7, 11) is -1.28. The first-order valence-corrected chi connectivity index (χ1v) is 11.1. The van der Waals surface area contributed by atoms with E-state index in [0.29, 0.717) is 0 Å². The second kappa shape index (κ2) is 10.4. The van der Waals surface area contributed by atoms with Crippen molar-refractivity contribution in [1.82, 2.24) is 0 Å². The lowest BCUT2D eigenvalue weighted by Gasteiger charge is -2.11. The fourth-order valence-electron chi connectivity index (χ4n) is 1.89. The maximum absolute atomic E-state index is 6.28. The van der Waals surface area contributed by atoms with Gasteiger partial charge in [-0.15, -0.1) is 6.58 Å². The van der Waals surface area contributed by atoms with E-state index < -0.39 is 7.38 Å². The minimum atomic E-state index is -1.28. The SMILES string of the molecule is C=CCCCCCCCCCC[Si](C)(C)Cl. The Hall–Kier alpha value is 0.247. The van der Waals surface area contributed by atoms with Crippen LogP contribution in [0.15, 0.2) is 12.7 Å². The number of hydrogen-bond donors (Lipinski definition) is 0. The van der Waals surface area contributed by atoms with Gasteiger partial charge in [-0.3, -0.25) is 0 Å². The van der Waals surface area contributed by atoms with E-state index in [1.807, 2.05) is 6.08 Å². The van der Waals surface area contributed by atoms with Gasteiger partial charge in [-0.05, 0) is 18.9 Å². The van der Waals surface area contributed by atoms with Crippen molar-refractivity contribution in [2.75, 3.05) is 0 Å². The molecule has 96 valence electrons. The van der Waals surface area contributed by atoms with Gasteiger partial charge < -0.3 is 0 Å². The normalized spacial score (nSPS) is 11.7. The maximum atomic E-state index is 6.28. The Morgan fingerprint density at radius 2 is 1.31 bits per heavy atom. The molecule has 0 fully saturated rings. The highest BCUT2D eigenvalue weighted by Crippen LogP contribution is 2.19. The van der Waals surface area contributed by atoms with Gasteiger partial charge in [0.15, 0.2) is 0 Å². The molecule has 0 aromatic heterocycles. The highest BCUT2D eigenvalue weighted by Gasteiger charge is 2.15. The molecule has 0 aliphatic rings. The minimum Gasteiger partial charge on any atom is -0.168 e. The first-order chi connectivity index (χ1) is 7.56. The van der Waals surface area contributed by atoms with Crippen molar-refractivity contribution < 1.29 is 0 Å². The summed E-state index contributed by atoms with van der Waals surface area (Å²) in [6, 6.07) is 1.29. The molecular formula is C14H29ClSi. The molecule has 0 saturated heterocycles. The predicted octanol–water partition coefficient (Wildman–Crippen LogP) is 6.13. The zero-order valence-corrected chi connectivity index (χ0v) is 13.0. The summed E-state index contributed by atoms with van der Waals surface area (Å²) in [5, 5.41) is 0. The van der Waals surface area contributed by atoms with Crippen molar-refractivity contribution in [2.45, 2.75) is 76.9 Å². The van der Waals surface area contributed by atoms with Crippen LogP contribution in [-0.4, -0.2) is 7.38 Å². The lowest BCUT2D eigenvalue weighted by Crippen LogP contribution is -2.14. The van der Waals surface area contributed by atoms with Crippen LogP contribution >= 0.6 is 11.1 Å². The number of hydrogen-bond acceptors (Lipinski definition) is 0. The van der Waals surface area contributed by atoms with E-state index in [9.17, 15) is 0 Å². The molecule has 0 aliphatic carbocycles. The van der Waals surface area contributed by atoms with Crippen LogP contribution in [0.5, 0.6) is 0 Å². The van der Waals surface area contributed by atoms with Crippen molar-refractivity contribution in [3.8, 4) is 0 Å². The van der Waals surface area contributed by atoms with Gasteiger partial charge in [0.1, 0.15) is 7.38 Å². The van der Waals surface area contributed by atoms with E-state index >= 15 is 0 Å². The van der Waals surface area contributed by atoms with Crippen LogP contribution < -0.4 is 0 Å². The Kier molecular flexibility index (Phi) is 10.6. The summed E-state index contributed by atoms with van der Waals surface area (Å²) in [5.74, 6) is 0. The molecular weight excluding hydrogens is 232 g/mol. The highest BCUT2D eigenvalue weighted by molar-refractivity contribution is 7.19. The van der Waals surface area contributed by atoms with Crippen molar-refractivity contribution in [1.29, 1.82) is 0 Å². The highest BCUT2D eigenvalue weighted by atomic mass is 35.6. The van der Waals surface area contributed by atoms with Crippen LogP contribution in [0, 0.1) is 0 Å². The quantitative estimate of drug-likeness (QED) is 0.182. The van der Waals surface area contributed by atoms with Crippen LogP contribution in [0.2, 0.25) is 19.1 Å². The largest absolute Gasteiger partial charge is 0.168 e. The van der Waals surface area contributed by atoms with Crippen molar-refractivity contribution >= 4 is 18.5 Å². The molecule has 0 atom stereocenters. The third-order valence-corrected chi connectivity index (χ3v) is 5.04. The average molecular weight is 261 g/mol. The molecule has 0 heterocycles. The van der Waals surface area contributed by atoms with Crippen molar-refractivity contribution in [3.63, 3.8) is 0 Å². The second-order valence-corrected chi connectivity index (χ2v) is 12.4. The Morgan fingerprint density at radius 3 is 1.75 bits per heavy atom. The Bertz CT molecular complexity index is 161. The molecule has 0 saturated carbocycles. The van der Waals surface area contributed by atoms with E-state index in [1.165, 1.54) is 63.8 Å². The smallest absolute Gasteiger partial charge is 0.150 e. The van der Waals surface area contributed by atoms with Gasteiger partial charge in [-0.2, -0.15) is 11.1 Å². The first-order valence-electron chi connectivity index (χ1n) is 6.86. The maximum Gasteiger partial charge on any atom is 0.150 e. The zero-order valence-electron chi connectivity index (χ0n) is 11.2. The number of rotatable bonds is 11. The van der Waals surface area contributed by atoms with E-state index in [2.05, 4.69) is 19.7 Å². The summed E-state index contributed by atoms with van der Waals surface area (Å²) in [6.07, 6.45) is 14.3. The van der Waals surface area contributed by atoms with Gasteiger partial charge >= 0.3 is 0 Å². The average Bonchev–Trinajstić information content (AvgIpc) is 2.19.